The van der Waals surface area contributed by atoms with Crippen LogP contribution >= 0.6 is 0 Å². The second-order valence-corrected chi connectivity index (χ2v) is 5.47. The fourth-order valence-corrected chi connectivity index (χ4v) is 2.83. The largest absolute Gasteiger partial charge is 0.478 e. The molecule has 0 aliphatic heterocycles. The van der Waals surface area contributed by atoms with Gasteiger partial charge in [-0.05, 0) is 30.9 Å². The van der Waals surface area contributed by atoms with Crippen molar-refractivity contribution >= 4 is 11.6 Å². The molecular weight excluding hydrogens is 242 g/mol. The van der Waals surface area contributed by atoms with Crippen molar-refractivity contribution in [2.75, 3.05) is 0 Å². The Hall–Kier alpha value is -1.91. The van der Waals surface area contributed by atoms with E-state index in [-0.39, 0.29) is 5.56 Å². The van der Waals surface area contributed by atoms with Gasteiger partial charge >= 0.3 is 5.97 Å². The van der Waals surface area contributed by atoms with Crippen LogP contribution in [-0.2, 0) is 0 Å². The molecule has 5 heteroatoms. The summed E-state index contributed by atoms with van der Waals surface area (Å²) in [6.07, 6.45) is 6.26. The fraction of sp³-hybridized carbons (Fsp3) is 0.500. The summed E-state index contributed by atoms with van der Waals surface area (Å²) < 4.78 is 1.84. The topological polar surface area (TPSA) is 67.5 Å². The molecular formula is C14H17N3O2. The molecule has 0 amide bonds. The van der Waals surface area contributed by atoms with Crippen molar-refractivity contribution in [1.29, 1.82) is 0 Å². The normalized spacial score (nSPS) is 23.6. The Morgan fingerprint density at radius 3 is 2.68 bits per heavy atom. The number of rotatable bonds is 2. The Morgan fingerprint density at radius 1 is 1.26 bits per heavy atom. The molecule has 1 aliphatic rings. The maximum absolute atomic E-state index is 11.0. The van der Waals surface area contributed by atoms with Crippen LogP contribution in [0.15, 0.2) is 18.3 Å². The summed E-state index contributed by atoms with van der Waals surface area (Å²) in [6.45, 7) is 2.28. The van der Waals surface area contributed by atoms with Gasteiger partial charge in [-0.25, -0.2) is 4.79 Å². The molecule has 1 aliphatic carbocycles. The molecule has 1 N–H and O–H groups in total. The van der Waals surface area contributed by atoms with Crippen molar-refractivity contribution in [2.24, 2.45) is 5.92 Å². The number of nitrogens with zero attached hydrogens (tertiary/aromatic N) is 3. The number of hydrogen-bond acceptors (Lipinski definition) is 3. The molecule has 0 unspecified atom stereocenters. The van der Waals surface area contributed by atoms with E-state index in [1.165, 1.54) is 12.8 Å². The molecule has 1 saturated carbocycles. The first-order valence-electron chi connectivity index (χ1n) is 6.73. The molecule has 0 radical (unpaired) electrons. The van der Waals surface area contributed by atoms with E-state index in [4.69, 9.17) is 5.11 Å². The summed E-state index contributed by atoms with van der Waals surface area (Å²) in [4.78, 5) is 11.0. The van der Waals surface area contributed by atoms with E-state index in [0.29, 0.717) is 5.92 Å². The number of carboxylic acid groups (broad SMARTS) is 1. The second kappa shape index (κ2) is 4.64. The quantitative estimate of drug-likeness (QED) is 0.900. The average molecular weight is 259 g/mol. The highest BCUT2D eigenvalue weighted by Gasteiger charge is 2.24. The van der Waals surface area contributed by atoms with E-state index in [1.54, 1.807) is 18.3 Å². The minimum absolute atomic E-state index is 0.276. The van der Waals surface area contributed by atoms with E-state index in [9.17, 15) is 4.79 Å². The first-order chi connectivity index (χ1) is 9.15. The lowest BCUT2D eigenvalue weighted by molar-refractivity contribution is 0.0696. The summed E-state index contributed by atoms with van der Waals surface area (Å²) in [5.74, 6) is 1.17. The standard InChI is InChI=1S/C14H17N3O2/c1-9-2-4-10(5-3-9)13-16-15-12-7-6-11(14(18)19)8-17(12)13/h6-10H,2-5H2,1H3,(H,18,19). The first kappa shape index (κ1) is 12.1. The predicted molar refractivity (Wildman–Crippen MR) is 70.3 cm³/mol. The summed E-state index contributed by atoms with van der Waals surface area (Å²) in [5.41, 5.74) is 0.997. The Morgan fingerprint density at radius 2 is 2.00 bits per heavy atom. The number of carboxylic acids is 1. The molecule has 19 heavy (non-hydrogen) atoms. The third-order valence-electron chi connectivity index (χ3n) is 4.06. The molecule has 1 fully saturated rings. The second-order valence-electron chi connectivity index (χ2n) is 5.47. The number of aromatic carboxylic acids is 1. The molecule has 0 atom stereocenters. The van der Waals surface area contributed by atoms with Gasteiger partial charge in [-0.1, -0.05) is 19.8 Å². The van der Waals surface area contributed by atoms with E-state index >= 15 is 0 Å². The highest BCUT2D eigenvalue weighted by Crippen LogP contribution is 2.34. The highest BCUT2D eigenvalue weighted by molar-refractivity contribution is 5.87. The van der Waals surface area contributed by atoms with Crippen LogP contribution in [-0.4, -0.2) is 25.7 Å². The van der Waals surface area contributed by atoms with E-state index < -0.39 is 5.97 Å². The third-order valence-corrected chi connectivity index (χ3v) is 4.06. The van der Waals surface area contributed by atoms with Crippen molar-refractivity contribution in [3.05, 3.63) is 29.7 Å². The third kappa shape index (κ3) is 2.20. The van der Waals surface area contributed by atoms with Gasteiger partial charge in [0.15, 0.2) is 5.65 Å². The van der Waals surface area contributed by atoms with Crippen molar-refractivity contribution in [3.8, 4) is 0 Å². The van der Waals surface area contributed by atoms with Gasteiger partial charge in [-0.15, -0.1) is 10.2 Å². The van der Waals surface area contributed by atoms with Crippen molar-refractivity contribution < 1.29 is 9.90 Å². The predicted octanol–water partition coefficient (Wildman–Crippen LogP) is 2.72. The number of fused-ring (bicyclic) bond motifs is 1. The lowest BCUT2D eigenvalue weighted by Crippen LogP contribution is -2.13. The molecule has 2 aromatic rings. The Labute approximate surface area is 111 Å². The summed E-state index contributed by atoms with van der Waals surface area (Å²) in [7, 11) is 0. The Balaban J connectivity index is 1.99. The zero-order valence-electron chi connectivity index (χ0n) is 10.9. The van der Waals surface area contributed by atoms with Crippen LogP contribution in [0.5, 0.6) is 0 Å². The van der Waals surface area contributed by atoms with Crippen LogP contribution in [0.1, 0.15) is 54.7 Å². The molecule has 0 aromatic carbocycles. The van der Waals surface area contributed by atoms with Crippen molar-refractivity contribution in [1.82, 2.24) is 14.6 Å². The molecule has 2 heterocycles. The van der Waals surface area contributed by atoms with Gasteiger partial charge in [0.1, 0.15) is 5.82 Å². The number of carbonyl (C=O) groups is 1. The fourth-order valence-electron chi connectivity index (χ4n) is 2.83. The van der Waals surface area contributed by atoms with Crippen LogP contribution in [0, 0.1) is 5.92 Å². The van der Waals surface area contributed by atoms with Crippen LogP contribution in [0.2, 0.25) is 0 Å². The molecule has 0 spiro atoms. The van der Waals surface area contributed by atoms with Crippen LogP contribution in [0.3, 0.4) is 0 Å². The van der Waals surface area contributed by atoms with Crippen LogP contribution < -0.4 is 0 Å². The van der Waals surface area contributed by atoms with Gasteiger partial charge in [-0.3, -0.25) is 4.40 Å². The number of hydrogen-bond donors (Lipinski definition) is 1. The lowest BCUT2D eigenvalue weighted by atomic mass is 9.82. The van der Waals surface area contributed by atoms with Gasteiger partial charge in [0.05, 0.1) is 5.56 Å². The van der Waals surface area contributed by atoms with E-state index in [1.807, 2.05) is 4.40 Å². The van der Waals surface area contributed by atoms with Gasteiger partial charge in [0, 0.05) is 12.1 Å². The average Bonchev–Trinajstić information content (AvgIpc) is 2.82. The molecule has 5 nitrogen and oxygen atoms in total. The summed E-state index contributed by atoms with van der Waals surface area (Å²) in [6, 6.07) is 3.28. The number of aromatic nitrogens is 3. The van der Waals surface area contributed by atoms with Crippen molar-refractivity contribution in [3.63, 3.8) is 0 Å². The molecule has 100 valence electrons. The maximum atomic E-state index is 11.0. The van der Waals surface area contributed by atoms with Crippen LogP contribution in [0.4, 0.5) is 0 Å². The molecule has 2 aromatic heterocycles. The van der Waals surface area contributed by atoms with Gasteiger partial charge in [0.25, 0.3) is 0 Å². The smallest absolute Gasteiger partial charge is 0.337 e. The van der Waals surface area contributed by atoms with Gasteiger partial charge in [-0.2, -0.15) is 0 Å². The summed E-state index contributed by atoms with van der Waals surface area (Å²) >= 11 is 0. The SMILES string of the molecule is CC1CCC(c2nnc3ccc(C(=O)O)cn23)CC1. The van der Waals surface area contributed by atoms with Gasteiger partial charge < -0.3 is 5.11 Å². The molecule has 3 rings (SSSR count). The maximum Gasteiger partial charge on any atom is 0.337 e. The van der Waals surface area contributed by atoms with Crippen LogP contribution in [0.25, 0.3) is 5.65 Å². The van der Waals surface area contributed by atoms with Crippen molar-refractivity contribution in [2.45, 2.75) is 38.5 Å². The zero-order valence-corrected chi connectivity index (χ0v) is 10.9. The Bertz CT molecular complexity index is 612. The first-order valence-corrected chi connectivity index (χ1v) is 6.73. The minimum atomic E-state index is -0.918. The Kier molecular flexibility index (Phi) is 2.97. The van der Waals surface area contributed by atoms with E-state index in [2.05, 4.69) is 17.1 Å². The minimum Gasteiger partial charge on any atom is -0.478 e. The van der Waals surface area contributed by atoms with E-state index in [0.717, 1.165) is 30.2 Å². The molecule has 0 saturated heterocycles. The zero-order chi connectivity index (χ0) is 13.4. The summed E-state index contributed by atoms with van der Waals surface area (Å²) in [5, 5.41) is 17.5. The van der Waals surface area contributed by atoms with Gasteiger partial charge in [0.2, 0.25) is 0 Å². The molecule has 0 bridgehead atoms. The monoisotopic (exact) mass is 259 g/mol. The highest BCUT2D eigenvalue weighted by atomic mass is 16.4. The lowest BCUT2D eigenvalue weighted by Gasteiger charge is -2.24. The number of pyridine rings is 1.